The van der Waals surface area contributed by atoms with E-state index in [1.807, 2.05) is 49.4 Å². The summed E-state index contributed by atoms with van der Waals surface area (Å²) in [4.78, 5) is 0. The Morgan fingerprint density at radius 3 is 0.898 bits per heavy atom. The number of allylic oxidation sites excluding steroid dienone is 2. The maximum absolute atomic E-state index is 10.7. The minimum Gasteiger partial charge on any atom is -0.507 e. The Morgan fingerprint density at radius 1 is 0.281 bits per heavy atom. The maximum Gasteiger partial charge on any atom is 0.132 e. The SMILES string of the molecule is CCCCCc1cc(O)c2c(c1)OC(C)(C)[C@H]1CCC(C)=C[C@@H]21.CCCCCc1cc(O)c2c(c1)OC(C)(C)c1ccc(C)cc1-2.CCCCc1cc(O)c2c(c1)OC(C)(C)c1ccc(C)cc1-2.CCCc1cc(O)c2c(c1)OC(C)(C)c1ccc(C)cc1-2.CCc1cc(O)c2c(c1)OC(C)(C)c1ccc(C)cc1-2.Cc1cc(O)c2c(c1)OC(C)(C)c1ccc(C)cc1-2. The number of fused-ring (bicyclic) bond motifs is 18. The number of ether oxygens (including phenoxy) is 6. The summed E-state index contributed by atoms with van der Waals surface area (Å²) in [6.45, 7) is 50.5. The normalized spacial score (nSPS) is 16.9. The van der Waals surface area contributed by atoms with Crippen LogP contribution in [0.3, 0.4) is 0 Å². The molecule has 0 saturated carbocycles. The van der Waals surface area contributed by atoms with E-state index in [0.717, 1.165) is 222 Å². The fraction of sp³-hybridized carbons (Fsp3) is 0.414. The predicted molar refractivity (Wildman–Crippen MR) is 525 cm³/mol. The molecule has 11 aromatic rings. The molecule has 6 heterocycles. The molecule has 12 heteroatoms. The lowest BCUT2D eigenvalue weighted by Crippen LogP contribution is -2.45. The van der Waals surface area contributed by atoms with Gasteiger partial charge in [0.2, 0.25) is 0 Å². The zero-order chi connectivity index (χ0) is 92.6. The van der Waals surface area contributed by atoms with Gasteiger partial charge in [-0.1, -0.05) is 204 Å². The van der Waals surface area contributed by atoms with Crippen molar-refractivity contribution in [3.05, 3.63) is 270 Å². The Bertz CT molecular complexity index is 5980. The predicted octanol–water partition coefficient (Wildman–Crippen LogP) is 30.6. The molecule has 2 atom stereocenters. The molecule has 128 heavy (non-hydrogen) atoms. The molecular formula is C116H140O12. The van der Waals surface area contributed by atoms with Gasteiger partial charge in [-0.25, -0.2) is 0 Å². The first-order valence-electron chi connectivity index (χ1n) is 47.0. The first kappa shape index (κ1) is 94.4. The van der Waals surface area contributed by atoms with E-state index in [2.05, 4.69) is 281 Å². The lowest BCUT2D eigenvalue weighted by molar-refractivity contribution is 0.0107. The van der Waals surface area contributed by atoms with E-state index in [1.165, 1.54) is 71.1 Å². The third kappa shape index (κ3) is 20.1. The van der Waals surface area contributed by atoms with Crippen LogP contribution in [0.1, 0.15) is 296 Å². The highest BCUT2D eigenvalue weighted by Gasteiger charge is 2.46. The highest BCUT2D eigenvalue weighted by atomic mass is 16.5. The van der Waals surface area contributed by atoms with Crippen LogP contribution in [0.2, 0.25) is 0 Å². The van der Waals surface area contributed by atoms with Crippen molar-refractivity contribution in [2.45, 2.75) is 308 Å². The summed E-state index contributed by atoms with van der Waals surface area (Å²) >= 11 is 0. The first-order valence-corrected chi connectivity index (χ1v) is 47.0. The summed E-state index contributed by atoms with van der Waals surface area (Å²) in [5.41, 5.74) is 28.2. The Labute approximate surface area is 763 Å². The second-order valence-corrected chi connectivity index (χ2v) is 40.0. The molecule has 6 aliphatic heterocycles. The molecule has 0 saturated heterocycles. The van der Waals surface area contributed by atoms with E-state index in [4.69, 9.17) is 28.4 Å². The van der Waals surface area contributed by atoms with Crippen LogP contribution < -0.4 is 28.4 Å². The summed E-state index contributed by atoms with van der Waals surface area (Å²) in [7, 11) is 0. The van der Waals surface area contributed by atoms with Crippen LogP contribution in [-0.2, 0) is 60.1 Å². The summed E-state index contributed by atoms with van der Waals surface area (Å²) in [6.07, 6.45) is 19.9. The molecular weight excluding hydrogens is 1590 g/mol. The molecule has 0 unspecified atom stereocenters. The van der Waals surface area contributed by atoms with Crippen LogP contribution in [0, 0.1) is 47.5 Å². The monoisotopic (exact) mass is 1730 g/mol. The van der Waals surface area contributed by atoms with Crippen molar-refractivity contribution < 1.29 is 59.1 Å². The van der Waals surface area contributed by atoms with Gasteiger partial charge in [-0.15, -0.1) is 0 Å². The molecule has 676 valence electrons. The second-order valence-electron chi connectivity index (χ2n) is 40.0. The Kier molecular flexibility index (Phi) is 27.9. The number of aryl methyl sites for hydroxylation is 11. The number of hydrogen-bond acceptors (Lipinski definition) is 12. The first-order chi connectivity index (χ1) is 60.5. The lowest BCUT2D eigenvalue weighted by atomic mass is 9.68. The molecule has 18 rings (SSSR count). The van der Waals surface area contributed by atoms with E-state index in [0.29, 0.717) is 34.7 Å². The standard InChI is InChI=1S/C21H30O2.C21H26O2.C20H24O2.C19H22O2.C18H20O2.C17H18O2/c2*1-5-6-7-8-15-12-18(22)20-16-11-14(2)9-10-17(16)21(3,4)23-19(20)13-15;1-5-6-7-14-11-17(21)19-15-10-13(2)8-9-16(15)20(3,4)22-18(19)12-14;1-5-6-13-10-16(20)18-14-9-12(2)7-8-15(14)19(3,4)21-17(18)11-13;1-5-12-9-15(19)17-13-8-11(2)6-7-14(13)18(3,4)20-16(17)10-12;1-10-5-6-13-12(7-10)16-14(18)8-11(2)9-15(16)19-17(13,3)4/h11-13,16-17,22H,5-10H2,1-4H3;9-13,22H,5-8H2,1-4H3;8-12,21H,5-7H2,1-4H3;7-11,20H,5-6H2,1-4H3;6-10,19H,5H2,1-4H3;5-9,18H,1-4H3/t16-,17+;;;;;/m1...../s1. The van der Waals surface area contributed by atoms with Gasteiger partial charge in [0.05, 0.1) is 27.8 Å². The quantitative estimate of drug-likeness (QED) is 0.0449. The largest absolute Gasteiger partial charge is 0.507 e. The number of aromatic hydroxyl groups is 6. The van der Waals surface area contributed by atoms with Gasteiger partial charge >= 0.3 is 0 Å². The van der Waals surface area contributed by atoms with Gasteiger partial charge in [-0.2, -0.15) is 0 Å². The van der Waals surface area contributed by atoms with Crippen LogP contribution in [0.4, 0.5) is 0 Å². The summed E-state index contributed by atoms with van der Waals surface area (Å²) < 4.78 is 37.3. The van der Waals surface area contributed by atoms with Crippen molar-refractivity contribution in [2.24, 2.45) is 5.92 Å². The van der Waals surface area contributed by atoms with Gasteiger partial charge in [0, 0.05) is 45.2 Å². The van der Waals surface area contributed by atoms with Crippen molar-refractivity contribution in [1.29, 1.82) is 0 Å². The van der Waals surface area contributed by atoms with Gasteiger partial charge in [0.25, 0.3) is 0 Å². The zero-order valence-corrected chi connectivity index (χ0v) is 80.8. The Hall–Kier alpha value is -11.2. The van der Waals surface area contributed by atoms with Gasteiger partial charge in [-0.05, 0) is 330 Å². The maximum atomic E-state index is 10.7. The van der Waals surface area contributed by atoms with Crippen LogP contribution in [0.15, 0.2) is 175 Å². The lowest BCUT2D eigenvalue weighted by Gasteiger charge is -2.46. The number of hydrogen-bond donors (Lipinski definition) is 6. The topological polar surface area (TPSA) is 177 Å². The molecule has 11 aromatic carbocycles. The van der Waals surface area contributed by atoms with Crippen LogP contribution >= 0.6 is 0 Å². The molecule has 0 spiro atoms. The molecule has 0 bridgehead atoms. The van der Waals surface area contributed by atoms with Crippen molar-refractivity contribution in [1.82, 2.24) is 0 Å². The van der Waals surface area contributed by atoms with Crippen molar-refractivity contribution in [3.8, 4) is 125 Å². The number of phenolic OH excluding ortho intramolecular Hbond substituents is 6. The number of benzene rings is 11. The van der Waals surface area contributed by atoms with E-state index in [1.54, 1.807) is 6.07 Å². The van der Waals surface area contributed by atoms with Crippen molar-refractivity contribution >= 4 is 0 Å². The molecule has 1 aliphatic carbocycles. The third-order valence-electron chi connectivity index (χ3n) is 26.5. The molecule has 6 N–H and O–H groups in total. The fourth-order valence-corrected chi connectivity index (χ4v) is 19.9. The number of rotatable bonds is 14. The summed E-state index contributed by atoms with van der Waals surface area (Å²) in [5.74, 6) is 7.56. The van der Waals surface area contributed by atoms with E-state index in [-0.39, 0.29) is 45.3 Å². The third-order valence-corrected chi connectivity index (χ3v) is 26.5. The van der Waals surface area contributed by atoms with Crippen LogP contribution in [-0.4, -0.2) is 36.2 Å². The van der Waals surface area contributed by atoms with Crippen molar-refractivity contribution in [2.75, 3.05) is 0 Å². The zero-order valence-electron chi connectivity index (χ0n) is 80.8. The summed E-state index contributed by atoms with van der Waals surface area (Å²) in [6, 6.07) is 55.4. The Morgan fingerprint density at radius 2 is 0.570 bits per heavy atom. The van der Waals surface area contributed by atoms with Crippen LogP contribution in [0.25, 0.3) is 55.6 Å². The van der Waals surface area contributed by atoms with Crippen LogP contribution in [0.5, 0.6) is 69.0 Å². The average molecular weight is 1730 g/mol. The van der Waals surface area contributed by atoms with Gasteiger partial charge < -0.3 is 59.1 Å². The Balaban J connectivity index is 0.000000131. The molecule has 0 aromatic heterocycles. The van der Waals surface area contributed by atoms with Crippen molar-refractivity contribution in [3.63, 3.8) is 0 Å². The number of phenols is 6. The van der Waals surface area contributed by atoms with E-state index < -0.39 is 0 Å². The van der Waals surface area contributed by atoms with Gasteiger partial charge in [0.1, 0.15) is 103 Å². The fourth-order valence-electron chi connectivity index (χ4n) is 19.9. The molecule has 7 aliphatic rings. The molecule has 12 nitrogen and oxygen atoms in total. The second kappa shape index (κ2) is 37.8. The smallest absolute Gasteiger partial charge is 0.132 e. The minimum atomic E-state index is -0.384. The molecule has 0 fully saturated rings. The average Bonchev–Trinajstić information content (AvgIpc) is 0.761. The molecule has 0 radical (unpaired) electrons. The van der Waals surface area contributed by atoms with Gasteiger partial charge in [0.15, 0.2) is 0 Å². The number of unbranched alkanes of at least 4 members (excludes halogenated alkanes) is 5. The highest BCUT2D eigenvalue weighted by molar-refractivity contribution is 5.87. The van der Waals surface area contributed by atoms with Gasteiger partial charge in [-0.3, -0.25) is 0 Å². The molecule has 0 amide bonds. The van der Waals surface area contributed by atoms with E-state index in [9.17, 15) is 30.6 Å². The van der Waals surface area contributed by atoms with E-state index >= 15 is 0 Å². The summed E-state index contributed by atoms with van der Waals surface area (Å²) in [5, 5.41) is 63.0. The highest BCUT2D eigenvalue weighted by Crippen LogP contribution is 2.58. The minimum absolute atomic E-state index is 0.177.